The Hall–Kier alpha value is -1.10. The number of carbonyl (C=O) groups is 2. The third kappa shape index (κ3) is 7.54. The van der Waals surface area contributed by atoms with E-state index in [2.05, 4.69) is 0 Å². The summed E-state index contributed by atoms with van der Waals surface area (Å²) in [5.74, 6) is -1.73. The number of hydrogen-bond acceptors (Lipinski definition) is 4. The summed E-state index contributed by atoms with van der Waals surface area (Å²) >= 11 is 0. The third-order valence-electron chi connectivity index (χ3n) is 1.23. The Labute approximate surface area is 82.7 Å². The fourth-order valence-corrected chi connectivity index (χ4v) is 0.849. The van der Waals surface area contributed by atoms with Crippen molar-refractivity contribution >= 4 is 11.9 Å². The lowest BCUT2D eigenvalue weighted by molar-refractivity contribution is -0.157. The Morgan fingerprint density at radius 2 is 1.79 bits per heavy atom. The minimum atomic E-state index is -1.18. The zero-order valence-electron chi connectivity index (χ0n) is 8.61. The monoisotopic (exact) mass is 204 g/mol. The quantitative estimate of drug-likeness (QED) is 0.653. The predicted molar refractivity (Wildman–Crippen MR) is 48.7 cm³/mol. The van der Waals surface area contributed by atoms with Gasteiger partial charge in [-0.3, -0.25) is 9.59 Å². The van der Waals surface area contributed by atoms with Gasteiger partial charge in [-0.1, -0.05) is 0 Å². The number of hydrogen-bond donors (Lipinski definition) is 2. The molecule has 0 radical (unpaired) electrons. The largest absolute Gasteiger partial charge is 0.481 e. The summed E-state index contributed by atoms with van der Waals surface area (Å²) in [6, 6.07) is 0. The van der Waals surface area contributed by atoms with Crippen LogP contribution in [0.1, 0.15) is 33.6 Å². The van der Waals surface area contributed by atoms with Gasteiger partial charge < -0.3 is 14.9 Å². The van der Waals surface area contributed by atoms with E-state index in [0.29, 0.717) is 0 Å². The summed E-state index contributed by atoms with van der Waals surface area (Å²) in [5.41, 5.74) is -0.611. The molecule has 14 heavy (non-hydrogen) atoms. The van der Waals surface area contributed by atoms with Gasteiger partial charge in [-0.25, -0.2) is 0 Å². The number of ether oxygens (including phenoxy) is 1. The van der Waals surface area contributed by atoms with E-state index in [1.807, 2.05) is 0 Å². The fraction of sp³-hybridized carbons (Fsp3) is 0.778. The molecule has 5 heteroatoms. The minimum absolute atomic E-state index is 0.288. The Morgan fingerprint density at radius 1 is 1.29 bits per heavy atom. The summed E-state index contributed by atoms with van der Waals surface area (Å²) in [6.45, 7) is 5.11. The molecule has 0 aliphatic rings. The van der Waals surface area contributed by atoms with E-state index >= 15 is 0 Å². The molecule has 0 saturated heterocycles. The first-order chi connectivity index (χ1) is 6.20. The van der Waals surface area contributed by atoms with Crippen LogP contribution in [-0.2, 0) is 14.3 Å². The second-order valence-corrected chi connectivity index (χ2v) is 4.04. The minimum Gasteiger partial charge on any atom is -0.481 e. The number of aliphatic hydroxyl groups excluding tert-OH is 1. The van der Waals surface area contributed by atoms with Crippen LogP contribution in [0.5, 0.6) is 0 Å². The average Bonchev–Trinajstić information content (AvgIpc) is 1.77. The molecule has 0 aromatic heterocycles. The molecule has 0 saturated carbocycles. The first kappa shape index (κ1) is 12.9. The summed E-state index contributed by atoms with van der Waals surface area (Å²) in [7, 11) is 0. The van der Waals surface area contributed by atoms with Crippen molar-refractivity contribution in [1.29, 1.82) is 0 Å². The van der Waals surface area contributed by atoms with Gasteiger partial charge in [0.25, 0.3) is 0 Å². The summed E-state index contributed by atoms with van der Waals surface area (Å²) in [6.07, 6.45) is -1.91. The second-order valence-electron chi connectivity index (χ2n) is 4.04. The molecule has 2 N–H and O–H groups in total. The highest BCUT2D eigenvalue weighted by Gasteiger charge is 2.20. The summed E-state index contributed by atoms with van der Waals surface area (Å²) < 4.78 is 4.90. The Bertz CT molecular complexity index is 216. The van der Waals surface area contributed by atoms with Crippen molar-refractivity contribution in [2.24, 2.45) is 0 Å². The van der Waals surface area contributed by atoms with Crippen molar-refractivity contribution in [3.63, 3.8) is 0 Å². The van der Waals surface area contributed by atoms with E-state index in [1.165, 1.54) is 0 Å². The molecule has 0 heterocycles. The van der Waals surface area contributed by atoms with Crippen molar-refractivity contribution < 1.29 is 24.5 Å². The highest BCUT2D eigenvalue weighted by molar-refractivity contribution is 5.72. The third-order valence-corrected chi connectivity index (χ3v) is 1.23. The van der Waals surface area contributed by atoms with Gasteiger partial charge in [0.15, 0.2) is 0 Å². The Kier molecular flexibility index (Phi) is 4.56. The lowest BCUT2D eigenvalue weighted by atomic mass is 10.1. The average molecular weight is 204 g/mol. The fourth-order valence-electron chi connectivity index (χ4n) is 0.849. The molecule has 0 bridgehead atoms. The normalized spacial score (nSPS) is 13.4. The van der Waals surface area contributed by atoms with E-state index in [1.54, 1.807) is 20.8 Å². The number of carbonyl (C=O) groups excluding carboxylic acids is 1. The van der Waals surface area contributed by atoms with Crippen molar-refractivity contribution in [1.82, 2.24) is 0 Å². The van der Waals surface area contributed by atoms with Gasteiger partial charge in [0, 0.05) is 0 Å². The summed E-state index contributed by atoms with van der Waals surface area (Å²) in [4.78, 5) is 21.2. The van der Waals surface area contributed by atoms with Crippen LogP contribution in [0.4, 0.5) is 0 Å². The number of esters is 1. The zero-order valence-corrected chi connectivity index (χ0v) is 8.61. The van der Waals surface area contributed by atoms with Crippen LogP contribution in [0.2, 0.25) is 0 Å². The predicted octanol–water partition coefficient (Wildman–Crippen LogP) is 0.554. The number of rotatable bonds is 4. The van der Waals surface area contributed by atoms with Crippen LogP contribution >= 0.6 is 0 Å². The first-order valence-electron chi connectivity index (χ1n) is 4.32. The zero-order chi connectivity index (χ0) is 11.4. The number of carboxylic acids is 1. The molecule has 0 aliphatic carbocycles. The standard InChI is InChI=1S/C9H16O5/c1-9(2,3)14-8(13)5-6(10)4-7(11)12/h6,10H,4-5H2,1-3H3,(H,11,12)/t6-/m0/s1. The first-order valence-corrected chi connectivity index (χ1v) is 4.32. The molecule has 0 aromatic rings. The van der Waals surface area contributed by atoms with E-state index < -0.39 is 30.1 Å². The van der Waals surface area contributed by atoms with E-state index in [-0.39, 0.29) is 6.42 Å². The van der Waals surface area contributed by atoms with Gasteiger partial charge in [0.1, 0.15) is 5.60 Å². The maximum absolute atomic E-state index is 11.1. The molecule has 82 valence electrons. The van der Waals surface area contributed by atoms with Gasteiger partial charge in [-0.15, -0.1) is 0 Å². The number of aliphatic carboxylic acids is 1. The van der Waals surface area contributed by atoms with Crippen molar-refractivity contribution in [2.45, 2.75) is 45.3 Å². The van der Waals surface area contributed by atoms with E-state index in [4.69, 9.17) is 14.9 Å². The van der Waals surface area contributed by atoms with Crippen molar-refractivity contribution in [2.75, 3.05) is 0 Å². The lowest BCUT2D eigenvalue weighted by Crippen LogP contribution is -2.27. The smallest absolute Gasteiger partial charge is 0.308 e. The molecular formula is C9H16O5. The lowest BCUT2D eigenvalue weighted by Gasteiger charge is -2.20. The molecule has 0 aromatic carbocycles. The van der Waals surface area contributed by atoms with Crippen LogP contribution in [0.3, 0.4) is 0 Å². The van der Waals surface area contributed by atoms with Crippen molar-refractivity contribution in [3.8, 4) is 0 Å². The van der Waals surface area contributed by atoms with Crippen LogP contribution in [0, 0.1) is 0 Å². The second kappa shape index (κ2) is 4.95. The SMILES string of the molecule is CC(C)(C)OC(=O)C[C@@H](O)CC(=O)O. The Morgan fingerprint density at radius 3 is 2.14 bits per heavy atom. The van der Waals surface area contributed by atoms with Gasteiger partial charge in [-0.2, -0.15) is 0 Å². The van der Waals surface area contributed by atoms with Crippen LogP contribution in [0.15, 0.2) is 0 Å². The molecule has 0 spiro atoms. The van der Waals surface area contributed by atoms with Gasteiger partial charge in [-0.05, 0) is 20.8 Å². The molecular weight excluding hydrogens is 188 g/mol. The van der Waals surface area contributed by atoms with Crippen LogP contribution in [-0.4, -0.2) is 33.9 Å². The number of carboxylic acid groups (broad SMARTS) is 1. The van der Waals surface area contributed by atoms with Crippen molar-refractivity contribution in [3.05, 3.63) is 0 Å². The molecule has 0 unspecified atom stereocenters. The molecule has 5 nitrogen and oxygen atoms in total. The topological polar surface area (TPSA) is 83.8 Å². The molecule has 0 rings (SSSR count). The van der Waals surface area contributed by atoms with Gasteiger partial charge in [0.05, 0.1) is 18.9 Å². The summed E-state index contributed by atoms with van der Waals surface area (Å²) in [5, 5.41) is 17.4. The van der Waals surface area contributed by atoms with Gasteiger partial charge >= 0.3 is 11.9 Å². The maximum atomic E-state index is 11.1. The van der Waals surface area contributed by atoms with Crippen LogP contribution < -0.4 is 0 Å². The Balaban J connectivity index is 3.89. The van der Waals surface area contributed by atoms with Crippen LogP contribution in [0.25, 0.3) is 0 Å². The molecule has 0 fully saturated rings. The highest BCUT2D eigenvalue weighted by atomic mass is 16.6. The molecule has 0 aliphatic heterocycles. The number of aliphatic hydroxyl groups is 1. The highest BCUT2D eigenvalue weighted by Crippen LogP contribution is 2.10. The maximum Gasteiger partial charge on any atom is 0.308 e. The molecule has 1 atom stereocenters. The van der Waals surface area contributed by atoms with E-state index in [9.17, 15) is 9.59 Å². The van der Waals surface area contributed by atoms with Gasteiger partial charge in [0.2, 0.25) is 0 Å². The molecule has 0 amide bonds. The van der Waals surface area contributed by atoms with E-state index in [0.717, 1.165) is 0 Å².